The van der Waals surface area contributed by atoms with Crippen LogP contribution in [0.5, 0.6) is 0 Å². The fourth-order valence-electron chi connectivity index (χ4n) is 3.28. The lowest BCUT2D eigenvalue weighted by Crippen LogP contribution is -2.22. The van der Waals surface area contributed by atoms with Crippen molar-refractivity contribution < 1.29 is 0 Å². The first-order valence-electron chi connectivity index (χ1n) is 10.4. The van der Waals surface area contributed by atoms with Gasteiger partial charge in [0.1, 0.15) is 11.5 Å². The van der Waals surface area contributed by atoms with E-state index in [0.717, 1.165) is 61.8 Å². The normalized spacial score (nSPS) is 10.7. The lowest BCUT2D eigenvalue weighted by atomic mass is 10.2. The zero-order chi connectivity index (χ0) is 20.5. The van der Waals surface area contributed by atoms with Crippen molar-refractivity contribution in [3.8, 4) is 0 Å². The smallest absolute Gasteiger partial charge is 0.160 e. The molecule has 28 heavy (non-hydrogen) atoms. The van der Waals surface area contributed by atoms with Gasteiger partial charge in [-0.05, 0) is 24.6 Å². The van der Waals surface area contributed by atoms with Crippen molar-refractivity contribution in [2.24, 2.45) is 0 Å². The van der Waals surface area contributed by atoms with Crippen molar-refractivity contribution in [2.45, 2.75) is 52.5 Å². The zero-order valence-electron chi connectivity index (χ0n) is 18.1. The van der Waals surface area contributed by atoms with E-state index in [4.69, 9.17) is 4.98 Å². The lowest BCUT2D eigenvalue weighted by Gasteiger charge is -2.25. The Hall–Kier alpha value is -2.49. The standard InChI is InChI=1S/C24H36N4/c1-7-10-17-22-25-24(26(5)9-3)23(20(4)27(6)18-11-8-2)28(22)19-21-15-13-12-14-16-21/h9,12-16H,3-4,7-8,10-11,17-19H2,1-2,5-6H3. The molecule has 2 rings (SSSR count). The number of unbranched alkanes of at least 4 members (excludes halogenated alkanes) is 2. The molecule has 2 aromatic rings. The molecule has 0 amide bonds. The highest BCUT2D eigenvalue weighted by Crippen LogP contribution is 2.30. The van der Waals surface area contributed by atoms with E-state index in [-0.39, 0.29) is 0 Å². The number of nitrogens with zero attached hydrogens (tertiary/aromatic N) is 4. The molecular weight excluding hydrogens is 344 g/mol. The minimum atomic E-state index is 0.799. The topological polar surface area (TPSA) is 24.3 Å². The second-order valence-corrected chi connectivity index (χ2v) is 7.39. The Bertz CT molecular complexity index is 760. The van der Waals surface area contributed by atoms with Gasteiger partial charge in [-0.3, -0.25) is 0 Å². The zero-order valence-corrected chi connectivity index (χ0v) is 18.1. The van der Waals surface area contributed by atoms with E-state index in [2.05, 4.69) is 73.9 Å². The van der Waals surface area contributed by atoms with Gasteiger partial charge in [0.25, 0.3) is 0 Å². The van der Waals surface area contributed by atoms with Crippen molar-refractivity contribution >= 4 is 11.5 Å². The largest absolute Gasteiger partial charge is 0.373 e. The van der Waals surface area contributed by atoms with Gasteiger partial charge in [0.05, 0.1) is 5.70 Å². The second kappa shape index (κ2) is 10.7. The summed E-state index contributed by atoms with van der Waals surface area (Å²) in [5, 5.41) is 0. The molecule has 152 valence electrons. The molecule has 1 heterocycles. The van der Waals surface area contributed by atoms with E-state index in [1.807, 2.05) is 18.1 Å². The summed E-state index contributed by atoms with van der Waals surface area (Å²) in [7, 11) is 4.13. The molecule has 4 nitrogen and oxygen atoms in total. The van der Waals surface area contributed by atoms with Crippen LogP contribution in [0.3, 0.4) is 0 Å². The summed E-state index contributed by atoms with van der Waals surface area (Å²) >= 11 is 0. The number of aromatic nitrogens is 2. The maximum Gasteiger partial charge on any atom is 0.160 e. The molecule has 0 bridgehead atoms. The van der Waals surface area contributed by atoms with Gasteiger partial charge in [0.15, 0.2) is 5.82 Å². The average molecular weight is 381 g/mol. The molecule has 1 aromatic heterocycles. The molecule has 0 aliphatic rings. The van der Waals surface area contributed by atoms with Crippen LogP contribution in [0.15, 0.2) is 49.7 Å². The number of hydrogen-bond donors (Lipinski definition) is 0. The van der Waals surface area contributed by atoms with Gasteiger partial charge in [-0.15, -0.1) is 0 Å². The van der Waals surface area contributed by atoms with Crippen LogP contribution in [0.25, 0.3) is 5.70 Å². The summed E-state index contributed by atoms with van der Waals surface area (Å²) in [5.74, 6) is 2.06. The van der Waals surface area contributed by atoms with E-state index >= 15 is 0 Å². The summed E-state index contributed by atoms with van der Waals surface area (Å²) in [6, 6.07) is 10.6. The monoisotopic (exact) mass is 380 g/mol. The lowest BCUT2D eigenvalue weighted by molar-refractivity contribution is 0.459. The van der Waals surface area contributed by atoms with E-state index in [1.54, 1.807) is 0 Å². The van der Waals surface area contributed by atoms with Crippen LogP contribution in [0, 0.1) is 0 Å². The fourth-order valence-corrected chi connectivity index (χ4v) is 3.28. The van der Waals surface area contributed by atoms with Crippen molar-refractivity contribution in [2.75, 3.05) is 25.5 Å². The van der Waals surface area contributed by atoms with E-state index < -0.39 is 0 Å². The molecule has 0 N–H and O–H groups in total. The van der Waals surface area contributed by atoms with E-state index in [0.29, 0.717) is 0 Å². The Morgan fingerprint density at radius 2 is 1.79 bits per heavy atom. The Morgan fingerprint density at radius 3 is 2.39 bits per heavy atom. The highest BCUT2D eigenvalue weighted by Gasteiger charge is 2.23. The van der Waals surface area contributed by atoms with Crippen LogP contribution in [0.1, 0.15) is 56.6 Å². The summed E-state index contributed by atoms with van der Waals surface area (Å²) in [4.78, 5) is 9.29. The molecule has 0 unspecified atom stereocenters. The SMILES string of the molecule is C=CN(C)c1nc(CCCC)n(Cc2ccccc2)c1C(=C)N(C)CCCC. The van der Waals surface area contributed by atoms with Crippen molar-refractivity contribution in [3.05, 3.63) is 66.8 Å². The van der Waals surface area contributed by atoms with Crippen LogP contribution < -0.4 is 4.90 Å². The van der Waals surface area contributed by atoms with Crippen LogP contribution in [0.4, 0.5) is 5.82 Å². The summed E-state index contributed by atoms with van der Waals surface area (Å²) < 4.78 is 2.35. The van der Waals surface area contributed by atoms with Gasteiger partial charge >= 0.3 is 0 Å². The third kappa shape index (κ3) is 5.28. The fraction of sp³-hybridized carbons (Fsp3) is 0.458. The number of rotatable bonds is 12. The molecule has 0 spiro atoms. The van der Waals surface area contributed by atoms with Crippen LogP contribution in [-0.4, -0.2) is 35.1 Å². The molecule has 0 saturated carbocycles. The summed E-state index contributed by atoms with van der Waals surface area (Å²) in [6.45, 7) is 14.6. The van der Waals surface area contributed by atoms with Crippen LogP contribution in [0.2, 0.25) is 0 Å². The van der Waals surface area contributed by atoms with Crippen LogP contribution >= 0.6 is 0 Å². The number of aryl methyl sites for hydroxylation is 1. The van der Waals surface area contributed by atoms with Gasteiger partial charge < -0.3 is 14.4 Å². The Labute approximate surface area is 171 Å². The second-order valence-electron chi connectivity index (χ2n) is 7.39. The average Bonchev–Trinajstić information content (AvgIpc) is 3.07. The van der Waals surface area contributed by atoms with Crippen molar-refractivity contribution in [1.29, 1.82) is 0 Å². The predicted molar refractivity (Wildman–Crippen MR) is 122 cm³/mol. The van der Waals surface area contributed by atoms with E-state index in [1.165, 1.54) is 12.0 Å². The molecule has 0 saturated heterocycles. The maximum atomic E-state index is 5.03. The minimum Gasteiger partial charge on any atom is -0.373 e. The summed E-state index contributed by atoms with van der Waals surface area (Å²) in [5.41, 5.74) is 3.38. The maximum absolute atomic E-state index is 5.03. The number of imidazole rings is 1. The minimum absolute atomic E-state index is 0.799. The molecule has 0 radical (unpaired) electrons. The van der Waals surface area contributed by atoms with Crippen molar-refractivity contribution in [1.82, 2.24) is 14.5 Å². The highest BCUT2D eigenvalue weighted by atomic mass is 15.3. The Morgan fingerprint density at radius 1 is 1.11 bits per heavy atom. The molecule has 4 heteroatoms. The molecule has 0 aliphatic carbocycles. The first kappa shape index (κ1) is 21.8. The van der Waals surface area contributed by atoms with Gasteiger partial charge in [-0.25, -0.2) is 4.98 Å². The van der Waals surface area contributed by atoms with Gasteiger partial charge in [0.2, 0.25) is 0 Å². The van der Waals surface area contributed by atoms with Crippen LogP contribution in [-0.2, 0) is 13.0 Å². The number of anilines is 1. The highest BCUT2D eigenvalue weighted by molar-refractivity contribution is 5.71. The third-order valence-corrected chi connectivity index (χ3v) is 5.15. The van der Waals surface area contributed by atoms with Crippen molar-refractivity contribution in [3.63, 3.8) is 0 Å². The van der Waals surface area contributed by atoms with Gasteiger partial charge in [-0.1, -0.05) is 70.2 Å². The molecular formula is C24H36N4. The summed E-state index contributed by atoms with van der Waals surface area (Å²) in [6.07, 6.45) is 7.38. The molecule has 0 atom stereocenters. The van der Waals surface area contributed by atoms with Gasteiger partial charge in [0, 0.05) is 33.6 Å². The van der Waals surface area contributed by atoms with E-state index in [9.17, 15) is 0 Å². The molecule has 1 aromatic carbocycles. The first-order valence-corrected chi connectivity index (χ1v) is 10.4. The molecule has 0 aliphatic heterocycles. The third-order valence-electron chi connectivity index (χ3n) is 5.15. The predicted octanol–water partition coefficient (Wildman–Crippen LogP) is 5.56. The Kier molecular flexibility index (Phi) is 8.37. The molecule has 0 fully saturated rings. The number of benzene rings is 1. The Balaban J connectivity index is 2.53. The quantitative estimate of drug-likeness (QED) is 0.482. The van der Waals surface area contributed by atoms with Gasteiger partial charge in [-0.2, -0.15) is 0 Å². The first-order chi connectivity index (χ1) is 13.5. The number of hydrogen-bond acceptors (Lipinski definition) is 3.